The molecule has 0 unspecified atom stereocenters. The molecule has 92 valence electrons. The first kappa shape index (κ1) is 14.8. The van der Waals surface area contributed by atoms with Gasteiger partial charge in [0.05, 0.1) is 10.5 Å². The first-order valence-electron chi connectivity index (χ1n) is 4.36. The minimum Gasteiger partial charge on any atom is -0.314 e. The summed E-state index contributed by atoms with van der Waals surface area (Å²) in [6.07, 6.45) is 1.15. The molecule has 0 rings (SSSR count). The first-order valence-corrected chi connectivity index (χ1v) is 7.97. The van der Waals surface area contributed by atoms with Gasteiger partial charge in [0.15, 0.2) is 9.84 Å². The zero-order valence-corrected chi connectivity index (χ0v) is 10.8. The number of rotatable bonds is 6. The van der Waals surface area contributed by atoms with E-state index in [0.29, 0.717) is 0 Å². The number of nitrogens with two attached hydrogens (primary N) is 1. The summed E-state index contributed by atoms with van der Waals surface area (Å²) in [6, 6.07) is 0. The van der Waals surface area contributed by atoms with Gasteiger partial charge in [-0.25, -0.2) is 22.0 Å². The number of nitrogens with one attached hydrogen (secondary N) is 1. The summed E-state index contributed by atoms with van der Waals surface area (Å²) in [5.74, 6) is -0.202. The molecule has 0 aromatic carbocycles. The van der Waals surface area contributed by atoms with Crippen LogP contribution in [0.3, 0.4) is 0 Å². The smallest absolute Gasteiger partial charge is 0.210 e. The molecule has 0 heterocycles. The van der Waals surface area contributed by atoms with Crippen LogP contribution in [-0.2, 0) is 19.9 Å². The molecule has 0 fully saturated rings. The first-order chi connectivity index (χ1) is 6.46. The van der Waals surface area contributed by atoms with Gasteiger partial charge in [0.25, 0.3) is 0 Å². The van der Waals surface area contributed by atoms with E-state index in [1.807, 2.05) is 0 Å². The standard InChI is InChI=1S/C7H18N2O4S2/c1-7(2,14(3,10)11)6-9-4-5-15(8,12)13/h9H,4-6H2,1-3H3,(H2,8,12,13). The van der Waals surface area contributed by atoms with Crippen LogP contribution in [0.1, 0.15) is 13.8 Å². The van der Waals surface area contributed by atoms with Crippen molar-refractivity contribution in [2.24, 2.45) is 5.14 Å². The Kier molecular flexibility index (Phi) is 4.71. The van der Waals surface area contributed by atoms with Crippen LogP contribution in [0.5, 0.6) is 0 Å². The summed E-state index contributed by atoms with van der Waals surface area (Å²) in [4.78, 5) is 0. The van der Waals surface area contributed by atoms with E-state index in [1.165, 1.54) is 0 Å². The van der Waals surface area contributed by atoms with E-state index in [1.54, 1.807) is 13.8 Å². The van der Waals surface area contributed by atoms with Crippen LogP contribution in [0, 0.1) is 0 Å². The van der Waals surface area contributed by atoms with E-state index in [4.69, 9.17) is 5.14 Å². The number of sulfone groups is 1. The minimum atomic E-state index is -3.49. The Hall–Kier alpha value is -0.180. The molecule has 0 saturated carbocycles. The largest absolute Gasteiger partial charge is 0.314 e. The van der Waals surface area contributed by atoms with Gasteiger partial charge in [-0.2, -0.15) is 0 Å². The van der Waals surface area contributed by atoms with E-state index < -0.39 is 24.6 Å². The summed E-state index contributed by atoms with van der Waals surface area (Å²) in [6.45, 7) is 3.50. The van der Waals surface area contributed by atoms with Crippen LogP contribution in [0.25, 0.3) is 0 Å². The van der Waals surface area contributed by atoms with Crippen molar-refractivity contribution in [1.29, 1.82) is 0 Å². The van der Waals surface area contributed by atoms with Gasteiger partial charge in [-0.05, 0) is 13.8 Å². The lowest BCUT2D eigenvalue weighted by atomic mass is 10.2. The lowest BCUT2D eigenvalue weighted by Gasteiger charge is -2.22. The molecule has 0 aromatic rings. The third-order valence-electron chi connectivity index (χ3n) is 2.12. The Bertz CT molecular complexity index is 397. The Labute approximate surface area is 91.2 Å². The zero-order chi connectivity index (χ0) is 12.3. The predicted octanol–water partition coefficient (Wildman–Crippen LogP) is -1.31. The molecule has 8 heteroatoms. The molecule has 15 heavy (non-hydrogen) atoms. The highest BCUT2D eigenvalue weighted by Crippen LogP contribution is 2.12. The van der Waals surface area contributed by atoms with Gasteiger partial charge in [0, 0.05) is 19.3 Å². The van der Waals surface area contributed by atoms with Crippen molar-refractivity contribution in [2.45, 2.75) is 18.6 Å². The third kappa shape index (κ3) is 6.08. The SMILES string of the molecule is CC(C)(CNCCS(N)(=O)=O)S(C)(=O)=O. The van der Waals surface area contributed by atoms with Crippen molar-refractivity contribution in [3.63, 3.8) is 0 Å². The maximum atomic E-state index is 11.3. The maximum absolute atomic E-state index is 11.3. The van der Waals surface area contributed by atoms with Crippen molar-refractivity contribution in [2.75, 3.05) is 25.1 Å². The molecule has 0 aliphatic rings. The van der Waals surface area contributed by atoms with E-state index in [9.17, 15) is 16.8 Å². The van der Waals surface area contributed by atoms with E-state index >= 15 is 0 Å². The van der Waals surface area contributed by atoms with Crippen LogP contribution in [0.2, 0.25) is 0 Å². The highest BCUT2D eigenvalue weighted by molar-refractivity contribution is 7.92. The fourth-order valence-electron chi connectivity index (χ4n) is 0.735. The Morgan fingerprint density at radius 3 is 2.00 bits per heavy atom. The minimum absolute atomic E-state index is 0.151. The summed E-state index contributed by atoms with van der Waals surface area (Å²) >= 11 is 0. The average Bonchev–Trinajstić information content (AvgIpc) is 1.94. The topological polar surface area (TPSA) is 106 Å². The monoisotopic (exact) mass is 258 g/mol. The van der Waals surface area contributed by atoms with Crippen LogP contribution in [-0.4, -0.2) is 46.7 Å². The maximum Gasteiger partial charge on any atom is 0.210 e. The summed E-state index contributed by atoms with van der Waals surface area (Å²) in [7, 11) is -6.65. The summed E-state index contributed by atoms with van der Waals surface area (Å²) < 4.78 is 42.8. The van der Waals surface area contributed by atoms with Crippen LogP contribution >= 0.6 is 0 Å². The van der Waals surface area contributed by atoms with Crippen molar-refractivity contribution in [3.05, 3.63) is 0 Å². The fourth-order valence-corrected chi connectivity index (χ4v) is 1.53. The van der Waals surface area contributed by atoms with Crippen LogP contribution in [0.15, 0.2) is 0 Å². The number of primary sulfonamides is 1. The molecule has 0 aliphatic heterocycles. The highest BCUT2D eigenvalue weighted by Gasteiger charge is 2.29. The van der Waals surface area contributed by atoms with Crippen molar-refractivity contribution >= 4 is 19.9 Å². The number of sulfonamides is 1. The second-order valence-corrected chi connectivity index (χ2v) is 8.46. The molecule has 0 radical (unpaired) electrons. The lowest BCUT2D eigenvalue weighted by molar-refractivity contribution is 0.526. The van der Waals surface area contributed by atoms with E-state index in [0.717, 1.165) is 6.26 Å². The van der Waals surface area contributed by atoms with E-state index in [-0.39, 0.29) is 18.8 Å². The summed E-state index contributed by atoms with van der Waals surface area (Å²) in [5, 5.41) is 7.54. The normalized spacial score (nSPS) is 14.1. The second-order valence-electron chi connectivity index (χ2n) is 4.08. The van der Waals surface area contributed by atoms with Gasteiger partial charge in [0.2, 0.25) is 10.0 Å². The highest BCUT2D eigenvalue weighted by atomic mass is 32.2. The molecule has 0 spiro atoms. The molecule has 3 N–H and O–H groups in total. The molecule has 0 aromatic heterocycles. The van der Waals surface area contributed by atoms with Crippen molar-refractivity contribution in [3.8, 4) is 0 Å². The predicted molar refractivity (Wildman–Crippen MR) is 59.8 cm³/mol. The Morgan fingerprint density at radius 2 is 1.67 bits per heavy atom. The third-order valence-corrected chi connectivity index (χ3v) is 5.04. The molecule has 0 aliphatic carbocycles. The second kappa shape index (κ2) is 4.77. The van der Waals surface area contributed by atoms with Gasteiger partial charge in [-0.3, -0.25) is 0 Å². The van der Waals surface area contributed by atoms with Gasteiger partial charge in [0.1, 0.15) is 0 Å². The molecule has 0 atom stereocenters. The summed E-state index contributed by atoms with van der Waals surface area (Å²) in [5.41, 5.74) is 0. The quantitative estimate of drug-likeness (QED) is 0.575. The number of hydrogen-bond donors (Lipinski definition) is 2. The van der Waals surface area contributed by atoms with E-state index in [2.05, 4.69) is 5.32 Å². The van der Waals surface area contributed by atoms with Crippen molar-refractivity contribution < 1.29 is 16.8 Å². The van der Waals surface area contributed by atoms with Gasteiger partial charge in [-0.1, -0.05) is 0 Å². The molecule has 0 amide bonds. The number of hydrogen-bond acceptors (Lipinski definition) is 5. The Morgan fingerprint density at radius 1 is 1.20 bits per heavy atom. The fraction of sp³-hybridized carbons (Fsp3) is 1.00. The van der Waals surface area contributed by atoms with Gasteiger partial charge >= 0.3 is 0 Å². The van der Waals surface area contributed by atoms with Gasteiger partial charge in [-0.15, -0.1) is 0 Å². The van der Waals surface area contributed by atoms with Crippen LogP contribution < -0.4 is 10.5 Å². The zero-order valence-electron chi connectivity index (χ0n) is 9.15. The van der Waals surface area contributed by atoms with Crippen molar-refractivity contribution in [1.82, 2.24) is 5.32 Å². The molecule has 0 saturated heterocycles. The average molecular weight is 258 g/mol. The Balaban J connectivity index is 4.09. The molecular formula is C7H18N2O4S2. The van der Waals surface area contributed by atoms with Crippen LogP contribution in [0.4, 0.5) is 0 Å². The van der Waals surface area contributed by atoms with Gasteiger partial charge < -0.3 is 5.32 Å². The molecule has 6 nitrogen and oxygen atoms in total. The molecular weight excluding hydrogens is 240 g/mol. The lowest BCUT2D eigenvalue weighted by Crippen LogP contribution is -2.43. The molecule has 0 bridgehead atoms.